The van der Waals surface area contributed by atoms with Gasteiger partial charge < -0.3 is 38.6 Å². The topological polar surface area (TPSA) is 95.8 Å². The van der Waals surface area contributed by atoms with Gasteiger partial charge in [0, 0.05) is 5.92 Å². The zero-order valence-corrected chi connectivity index (χ0v) is 14.6. The van der Waals surface area contributed by atoms with Crippen LogP contribution in [0.5, 0.6) is 0 Å². The van der Waals surface area contributed by atoms with E-state index < -0.39 is 5.60 Å². The van der Waals surface area contributed by atoms with Crippen molar-refractivity contribution in [3.05, 3.63) is 0 Å². The molecule has 1 rings (SSSR count). The van der Waals surface area contributed by atoms with Gasteiger partial charge in [0.05, 0.1) is 91.5 Å². The molecule has 0 bridgehead atoms. The monoisotopic (exact) mass is 352 g/mol. The summed E-state index contributed by atoms with van der Waals surface area (Å²) in [5, 5.41) is 19.6. The summed E-state index contributed by atoms with van der Waals surface area (Å²) in [7, 11) is 0. The fourth-order valence-electron chi connectivity index (χ4n) is 1.98. The molecule has 2 N–H and O–H groups in total. The van der Waals surface area contributed by atoms with Crippen molar-refractivity contribution in [1.29, 1.82) is 0 Å². The van der Waals surface area contributed by atoms with E-state index in [1.165, 1.54) is 0 Å². The number of hydrogen-bond acceptors (Lipinski definition) is 8. The van der Waals surface area contributed by atoms with Gasteiger partial charge in [-0.15, -0.1) is 0 Å². The van der Waals surface area contributed by atoms with E-state index in [9.17, 15) is 10.2 Å². The summed E-state index contributed by atoms with van der Waals surface area (Å²) < 4.78 is 32.6. The minimum Gasteiger partial charge on any atom is -0.393 e. The molecule has 8 heteroatoms. The molecule has 1 heterocycles. The Morgan fingerprint density at radius 2 is 0.958 bits per heavy atom. The van der Waals surface area contributed by atoms with Gasteiger partial charge in [0.2, 0.25) is 0 Å². The first-order chi connectivity index (χ1) is 11.7. The Morgan fingerprint density at radius 3 is 1.25 bits per heavy atom. The van der Waals surface area contributed by atoms with Crippen molar-refractivity contribution in [1.82, 2.24) is 0 Å². The molecule has 0 aliphatic carbocycles. The van der Waals surface area contributed by atoms with Crippen LogP contribution >= 0.6 is 0 Å². The van der Waals surface area contributed by atoms with Crippen LogP contribution in [-0.2, 0) is 28.4 Å². The summed E-state index contributed by atoms with van der Waals surface area (Å²) in [5.74, 6) is -0.337. The molecule has 24 heavy (non-hydrogen) atoms. The smallest absolute Gasteiger partial charge is 0.0921 e. The van der Waals surface area contributed by atoms with Gasteiger partial charge >= 0.3 is 0 Å². The molecule has 8 nitrogen and oxygen atoms in total. The lowest BCUT2D eigenvalue weighted by molar-refractivity contribution is -0.106. The highest BCUT2D eigenvalue weighted by atomic mass is 16.6. The molecule has 0 aromatic heterocycles. The van der Waals surface area contributed by atoms with Gasteiger partial charge in [-0.05, 0) is 6.92 Å². The van der Waals surface area contributed by atoms with E-state index in [4.69, 9.17) is 28.4 Å². The summed E-state index contributed by atoms with van der Waals surface area (Å²) in [6.07, 6.45) is 0. The Labute approximate surface area is 143 Å². The maximum absolute atomic E-state index is 10.2. The summed E-state index contributed by atoms with van der Waals surface area (Å²) in [5.41, 5.74) is -1.26. The minimum absolute atomic E-state index is 0.280. The standard InChI is InChI=1S/C16H32O8/c1-16(18,14-17)15-12-23-10-8-21-6-4-19-2-3-20-5-7-22-9-11-24-13-15/h15,17-18H,2-14H2,1H3. The molecule has 1 saturated heterocycles. The Bertz CT molecular complexity index is 267. The molecule has 0 aromatic rings. The van der Waals surface area contributed by atoms with Crippen molar-refractivity contribution in [3.63, 3.8) is 0 Å². The Balaban J connectivity index is 2.35. The molecule has 0 amide bonds. The maximum Gasteiger partial charge on any atom is 0.0921 e. The summed E-state index contributed by atoms with van der Waals surface area (Å²) >= 11 is 0. The lowest BCUT2D eigenvalue weighted by atomic mass is 9.91. The highest BCUT2D eigenvalue weighted by Gasteiger charge is 2.31. The van der Waals surface area contributed by atoms with Gasteiger partial charge in [0.15, 0.2) is 0 Å². The van der Waals surface area contributed by atoms with Crippen molar-refractivity contribution >= 4 is 0 Å². The van der Waals surface area contributed by atoms with E-state index in [1.807, 2.05) is 0 Å². The van der Waals surface area contributed by atoms with Gasteiger partial charge in [-0.2, -0.15) is 0 Å². The van der Waals surface area contributed by atoms with Crippen LogP contribution in [0.3, 0.4) is 0 Å². The van der Waals surface area contributed by atoms with Gasteiger partial charge in [-0.25, -0.2) is 0 Å². The van der Waals surface area contributed by atoms with Crippen LogP contribution in [0, 0.1) is 5.92 Å². The van der Waals surface area contributed by atoms with Crippen LogP contribution < -0.4 is 0 Å². The second-order valence-corrected chi connectivity index (χ2v) is 5.81. The normalized spacial score (nSPS) is 25.1. The molecule has 0 radical (unpaired) electrons. The van der Waals surface area contributed by atoms with Crippen LogP contribution in [-0.4, -0.2) is 102 Å². The van der Waals surface area contributed by atoms with Gasteiger partial charge in [-0.1, -0.05) is 0 Å². The van der Waals surface area contributed by atoms with Crippen LogP contribution in [0.1, 0.15) is 6.92 Å². The number of ether oxygens (including phenoxy) is 6. The molecule has 0 spiro atoms. The van der Waals surface area contributed by atoms with E-state index in [2.05, 4.69) is 0 Å². The Morgan fingerprint density at radius 1 is 0.667 bits per heavy atom. The molecule has 1 fully saturated rings. The van der Waals surface area contributed by atoms with Crippen molar-refractivity contribution in [2.75, 3.05) is 85.9 Å². The molecule has 1 unspecified atom stereocenters. The van der Waals surface area contributed by atoms with Gasteiger partial charge in [0.25, 0.3) is 0 Å². The van der Waals surface area contributed by atoms with Crippen molar-refractivity contribution in [3.8, 4) is 0 Å². The lowest BCUT2D eigenvalue weighted by Crippen LogP contribution is -2.43. The molecule has 0 aromatic carbocycles. The largest absolute Gasteiger partial charge is 0.393 e. The van der Waals surface area contributed by atoms with E-state index in [-0.39, 0.29) is 25.7 Å². The van der Waals surface area contributed by atoms with Crippen LogP contribution in [0.25, 0.3) is 0 Å². The second-order valence-electron chi connectivity index (χ2n) is 5.81. The number of rotatable bonds is 2. The Kier molecular flexibility index (Phi) is 12.6. The molecule has 1 atom stereocenters. The average Bonchev–Trinajstić information content (AvgIpc) is 2.58. The quantitative estimate of drug-likeness (QED) is 0.684. The first kappa shape index (κ1) is 21.7. The van der Waals surface area contributed by atoms with E-state index in [0.717, 1.165) is 0 Å². The van der Waals surface area contributed by atoms with Crippen LogP contribution in [0.15, 0.2) is 0 Å². The predicted molar refractivity (Wildman–Crippen MR) is 86.1 cm³/mol. The van der Waals surface area contributed by atoms with Crippen molar-refractivity contribution in [2.24, 2.45) is 5.92 Å². The third kappa shape index (κ3) is 10.5. The van der Waals surface area contributed by atoms with Gasteiger partial charge in [0.1, 0.15) is 0 Å². The first-order valence-corrected chi connectivity index (χ1v) is 8.46. The van der Waals surface area contributed by atoms with Crippen molar-refractivity contribution in [2.45, 2.75) is 12.5 Å². The zero-order chi connectivity index (χ0) is 17.5. The predicted octanol–water partition coefficient (Wildman–Crippen LogP) is -0.541. The van der Waals surface area contributed by atoms with Crippen LogP contribution in [0.2, 0.25) is 0 Å². The average molecular weight is 352 g/mol. The summed E-state index contributed by atoms with van der Waals surface area (Å²) in [6, 6.07) is 0. The fourth-order valence-corrected chi connectivity index (χ4v) is 1.98. The summed E-state index contributed by atoms with van der Waals surface area (Å²) in [4.78, 5) is 0. The molecule has 1 aliphatic rings. The number of aliphatic hydroxyl groups is 2. The Hall–Kier alpha value is -0.320. The maximum atomic E-state index is 10.2. The lowest BCUT2D eigenvalue weighted by Gasteiger charge is -2.30. The minimum atomic E-state index is -1.26. The zero-order valence-electron chi connectivity index (χ0n) is 14.6. The number of aliphatic hydroxyl groups excluding tert-OH is 1. The highest BCUT2D eigenvalue weighted by molar-refractivity contribution is 4.81. The SMILES string of the molecule is CC(O)(CO)C1COCCOCCOCCOCCOCCOC1. The second kappa shape index (κ2) is 13.9. The summed E-state index contributed by atoms with van der Waals surface area (Å²) in [6.45, 7) is 6.55. The third-order valence-corrected chi connectivity index (χ3v) is 3.70. The van der Waals surface area contributed by atoms with Crippen molar-refractivity contribution < 1.29 is 38.6 Å². The molecular formula is C16H32O8. The van der Waals surface area contributed by atoms with Gasteiger partial charge in [-0.3, -0.25) is 0 Å². The van der Waals surface area contributed by atoms with E-state index in [1.54, 1.807) is 6.92 Å². The fraction of sp³-hybridized carbons (Fsp3) is 1.00. The molecule has 0 saturated carbocycles. The van der Waals surface area contributed by atoms with Crippen LogP contribution in [0.4, 0.5) is 0 Å². The highest BCUT2D eigenvalue weighted by Crippen LogP contribution is 2.17. The third-order valence-electron chi connectivity index (χ3n) is 3.70. The molecule has 144 valence electrons. The molecule has 1 aliphatic heterocycles. The molecular weight excluding hydrogens is 320 g/mol. The van der Waals surface area contributed by atoms with E-state index >= 15 is 0 Å². The first-order valence-electron chi connectivity index (χ1n) is 8.46. The number of hydrogen-bond donors (Lipinski definition) is 2. The van der Waals surface area contributed by atoms with E-state index in [0.29, 0.717) is 66.1 Å².